The van der Waals surface area contributed by atoms with Gasteiger partial charge in [0.2, 0.25) is 11.7 Å². The van der Waals surface area contributed by atoms with E-state index in [1.54, 1.807) is 34.6 Å². The van der Waals surface area contributed by atoms with E-state index in [1.807, 2.05) is 44.2 Å². The number of benzene rings is 2. The van der Waals surface area contributed by atoms with Crippen molar-refractivity contribution in [1.29, 1.82) is 0 Å². The summed E-state index contributed by atoms with van der Waals surface area (Å²) in [5, 5.41) is 2.93. The van der Waals surface area contributed by atoms with E-state index < -0.39 is 6.04 Å². The van der Waals surface area contributed by atoms with Crippen molar-refractivity contribution in [3.8, 4) is 44.6 Å². The second kappa shape index (κ2) is 11.2. The Bertz CT molecular complexity index is 1120. The van der Waals surface area contributed by atoms with E-state index in [1.165, 1.54) is 11.5 Å². The number of methoxy groups -OCH3 is 4. The highest BCUT2D eigenvalue weighted by molar-refractivity contribution is 7.10. The zero-order valence-corrected chi connectivity index (χ0v) is 21.1. The van der Waals surface area contributed by atoms with Crippen LogP contribution in [0.4, 0.5) is 5.69 Å². The normalized spacial score (nSPS) is 12.6. The molecule has 0 radical (unpaired) electrons. The summed E-state index contributed by atoms with van der Waals surface area (Å²) >= 11 is 1.35. The average molecular weight is 486 g/mol. The zero-order valence-electron chi connectivity index (χ0n) is 20.3. The lowest BCUT2D eigenvalue weighted by atomic mass is 9.99. The molecule has 3 N–H and O–H groups in total. The second-order valence-electron chi connectivity index (χ2n) is 7.80. The first kappa shape index (κ1) is 25.3. The largest absolute Gasteiger partial charge is 0.495 e. The van der Waals surface area contributed by atoms with Crippen molar-refractivity contribution in [2.45, 2.75) is 26.3 Å². The number of nitrogens with two attached hydrogens (primary N) is 1. The van der Waals surface area contributed by atoms with Gasteiger partial charge in [-0.3, -0.25) is 4.79 Å². The molecule has 1 amide bonds. The smallest absolute Gasteiger partial charge is 0.241 e. The van der Waals surface area contributed by atoms with Gasteiger partial charge < -0.3 is 30.0 Å². The average Bonchev–Trinajstić information content (AvgIpc) is 3.36. The number of carbonyl (C=O) groups excluding carboxylic acids is 1. The quantitative estimate of drug-likeness (QED) is 0.424. The van der Waals surface area contributed by atoms with Crippen molar-refractivity contribution in [2.75, 3.05) is 33.8 Å². The molecule has 0 aliphatic rings. The predicted octanol–water partition coefficient (Wildman–Crippen LogP) is 4.82. The van der Waals surface area contributed by atoms with Crippen LogP contribution in [0, 0.1) is 5.92 Å². The molecule has 0 aliphatic heterocycles. The number of hydrogen-bond donors (Lipinski definition) is 2. The van der Waals surface area contributed by atoms with E-state index in [2.05, 4.69) is 9.69 Å². The highest BCUT2D eigenvalue weighted by Gasteiger charge is 2.22. The molecule has 1 aromatic heterocycles. The van der Waals surface area contributed by atoms with E-state index in [0.29, 0.717) is 28.7 Å². The monoisotopic (exact) mass is 485 g/mol. The summed E-state index contributed by atoms with van der Waals surface area (Å²) in [4.78, 5) is 13.6. The Morgan fingerprint density at radius 2 is 1.65 bits per heavy atom. The number of rotatable bonds is 10. The van der Waals surface area contributed by atoms with Gasteiger partial charge in [-0.05, 0) is 47.3 Å². The molecule has 1 heterocycles. The van der Waals surface area contributed by atoms with Crippen LogP contribution in [0.5, 0.6) is 23.0 Å². The van der Waals surface area contributed by atoms with Crippen LogP contribution in [0.15, 0.2) is 36.5 Å². The maximum atomic E-state index is 12.7. The van der Waals surface area contributed by atoms with Gasteiger partial charge in [-0.1, -0.05) is 26.3 Å². The number of amides is 1. The SMILES string of the molecule is CCC(C)[C@H](N)C(=O)Nc1cc(-c2cnsc2-c2cc(OC)c(OC)c(OC)c2)ccc1OC. The maximum Gasteiger partial charge on any atom is 0.241 e. The Balaban J connectivity index is 2.03. The van der Waals surface area contributed by atoms with Crippen LogP contribution in [0.1, 0.15) is 20.3 Å². The summed E-state index contributed by atoms with van der Waals surface area (Å²) < 4.78 is 26.3. The summed E-state index contributed by atoms with van der Waals surface area (Å²) in [6.07, 6.45) is 2.60. The van der Waals surface area contributed by atoms with Gasteiger partial charge >= 0.3 is 0 Å². The second-order valence-corrected chi connectivity index (χ2v) is 8.60. The fourth-order valence-corrected chi connectivity index (χ4v) is 4.32. The maximum absolute atomic E-state index is 12.7. The lowest BCUT2D eigenvalue weighted by Crippen LogP contribution is -2.40. The van der Waals surface area contributed by atoms with Crippen LogP contribution in [-0.2, 0) is 4.79 Å². The number of anilines is 1. The van der Waals surface area contributed by atoms with Gasteiger partial charge in [-0.2, -0.15) is 4.37 Å². The van der Waals surface area contributed by atoms with Crippen LogP contribution in [0.2, 0.25) is 0 Å². The molecular formula is C25H31N3O5S. The molecule has 2 atom stereocenters. The standard InChI is InChI=1S/C25H31N3O5S/c1-7-14(2)22(26)25(29)28-18-10-15(8-9-19(18)30-3)17-13-27-34-24(17)16-11-20(31-4)23(33-6)21(12-16)32-5/h8-14,22H,7,26H2,1-6H3,(H,28,29)/t14?,22-/m0/s1. The van der Waals surface area contributed by atoms with Gasteiger partial charge in [0.05, 0.1) is 45.0 Å². The third-order valence-corrected chi connectivity index (χ3v) is 6.67. The molecule has 0 aliphatic carbocycles. The van der Waals surface area contributed by atoms with Gasteiger partial charge in [0, 0.05) is 17.3 Å². The lowest BCUT2D eigenvalue weighted by Gasteiger charge is -2.19. The topological polar surface area (TPSA) is 105 Å². The van der Waals surface area contributed by atoms with E-state index in [-0.39, 0.29) is 11.8 Å². The van der Waals surface area contributed by atoms with Crippen LogP contribution >= 0.6 is 11.5 Å². The molecule has 34 heavy (non-hydrogen) atoms. The summed E-state index contributed by atoms with van der Waals surface area (Å²) in [6.45, 7) is 3.96. The highest BCUT2D eigenvalue weighted by atomic mass is 32.1. The molecule has 0 spiro atoms. The first-order valence-corrected chi connectivity index (χ1v) is 11.7. The number of aromatic nitrogens is 1. The molecule has 182 valence electrons. The lowest BCUT2D eigenvalue weighted by molar-refractivity contribution is -0.118. The molecule has 0 saturated carbocycles. The van der Waals surface area contributed by atoms with Crippen LogP contribution in [0.3, 0.4) is 0 Å². The third-order valence-electron chi connectivity index (χ3n) is 5.83. The molecule has 1 unspecified atom stereocenters. The molecule has 0 saturated heterocycles. The minimum absolute atomic E-state index is 0.0573. The Hall–Kier alpha value is -3.30. The Morgan fingerprint density at radius 1 is 1.00 bits per heavy atom. The number of ether oxygens (including phenoxy) is 4. The zero-order chi connectivity index (χ0) is 24.8. The molecule has 9 heteroatoms. The number of carbonyl (C=O) groups is 1. The number of nitrogens with one attached hydrogen (secondary N) is 1. The molecular weight excluding hydrogens is 454 g/mol. The fraction of sp³-hybridized carbons (Fsp3) is 0.360. The first-order valence-electron chi connectivity index (χ1n) is 10.9. The first-order chi connectivity index (χ1) is 16.4. The van der Waals surface area contributed by atoms with E-state index in [9.17, 15) is 4.79 Å². The van der Waals surface area contributed by atoms with Crippen molar-refractivity contribution in [2.24, 2.45) is 11.7 Å². The summed E-state index contributed by atoms with van der Waals surface area (Å²) in [5.41, 5.74) is 9.30. The third kappa shape index (κ3) is 5.10. The molecule has 3 aromatic rings. The predicted molar refractivity (Wildman–Crippen MR) is 135 cm³/mol. The number of nitrogens with zero attached hydrogens (tertiary/aromatic N) is 1. The summed E-state index contributed by atoms with van der Waals surface area (Å²) in [6, 6.07) is 8.76. The van der Waals surface area contributed by atoms with E-state index in [0.717, 1.165) is 28.0 Å². The molecule has 0 fully saturated rings. The van der Waals surface area contributed by atoms with Crippen molar-refractivity contribution < 1.29 is 23.7 Å². The molecule has 0 bridgehead atoms. The molecule has 8 nitrogen and oxygen atoms in total. The van der Waals surface area contributed by atoms with Crippen molar-refractivity contribution in [3.05, 3.63) is 36.5 Å². The fourth-order valence-electron chi connectivity index (χ4n) is 3.57. The highest BCUT2D eigenvalue weighted by Crippen LogP contribution is 2.45. The van der Waals surface area contributed by atoms with Crippen molar-refractivity contribution in [1.82, 2.24) is 4.37 Å². The minimum atomic E-state index is -0.615. The van der Waals surface area contributed by atoms with Gasteiger partial charge in [0.1, 0.15) is 5.75 Å². The van der Waals surface area contributed by atoms with E-state index in [4.69, 9.17) is 24.7 Å². The van der Waals surface area contributed by atoms with Crippen molar-refractivity contribution >= 4 is 23.1 Å². The van der Waals surface area contributed by atoms with Gasteiger partial charge in [-0.25, -0.2) is 0 Å². The van der Waals surface area contributed by atoms with Gasteiger partial charge in [0.15, 0.2) is 11.5 Å². The Morgan fingerprint density at radius 3 is 2.21 bits per heavy atom. The molecule has 3 rings (SSSR count). The van der Waals surface area contributed by atoms with Gasteiger partial charge in [-0.15, -0.1) is 0 Å². The Kier molecular flexibility index (Phi) is 8.36. The minimum Gasteiger partial charge on any atom is -0.495 e. The van der Waals surface area contributed by atoms with Crippen LogP contribution in [0.25, 0.3) is 21.6 Å². The summed E-state index contributed by atoms with van der Waals surface area (Å²) in [5.74, 6) is 1.98. The van der Waals surface area contributed by atoms with Crippen molar-refractivity contribution in [3.63, 3.8) is 0 Å². The van der Waals surface area contributed by atoms with Crippen LogP contribution in [-0.4, -0.2) is 44.8 Å². The molecule has 2 aromatic carbocycles. The summed E-state index contributed by atoms with van der Waals surface area (Å²) in [7, 11) is 6.29. The number of hydrogen-bond acceptors (Lipinski definition) is 8. The van der Waals surface area contributed by atoms with Crippen LogP contribution < -0.4 is 30.0 Å². The van der Waals surface area contributed by atoms with Gasteiger partial charge in [0.25, 0.3) is 0 Å². The van der Waals surface area contributed by atoms with E-state index >= 15 is 0 Å². The Labute approximate surface area is 204 Å².